The number of guanidine groups is 1. The Morgan fingerprint density at radius 1 is 1.21 bits per heavy atom. The number of hydrogen-bond donors (Lipinski definition) is 3. The maximum Gasteiger partial charge on any atom is 0.227 e. The lowest BCUT2D eigenvalue weighted by molar-refractivity contribution is -0.120. The standard InChI is InChI=1S/C21H34N4O2.HI/c1-21(2,27-4)15-24-20(22-3)23-14-16-9-8-12-18(13-16)25-19(26)17-10-6-5-7-11-17;/h8-9,12-13,17H,5-7,10-11,14-15H2,1-4H3,(H,25,26)(H2,22,23,24);1H. The van der Waals surface area contributed by atoms with Crippen molar-refractivity contribution in [2.75, 3.05) is 26.0 Å². The molecular formula is C21H35IN4O2. The van der Waals surface area contributed by atoms with Gasteiger partial charge in [0.2, 0.25) is 5.91 Å². The largest absolute Gasteiger partial charge is 0.377 e. The number of carbonyl (C=O) groups excluding carboxylic acids is 1. The summed E-state index contributed by atoms with van der Waals surface area (Å²) >= 11 is 0. The molecular weight excluding hydrogens is 467 g/mol. The Bertz CT molecular complexity index is 643. The highest BCUT2D eigenvalue weighted by Gasteiger charge is 2.21. The molecule has 6 nitrogen and oxygen atoms in total. The molecule has 1 aromatic rings. The number of nitrogens with one attached hydrogen (secondary N) is 3. The first-order valence-electron chi connectivity index (χ1n) is 9.83. The van der Waals surface area contributed by atoms with E-state index in [-0.39, 0.29) is 41.4 Å². The van der Waals surface area contributed by atoms with Gasteiger partial charge in [-0.1, -0.05) is 31.4 Å². The minimum Gasteiger partial charge on any atom is -0.377 e. The molecule has 0 bridgehead atoms. The van der Waals surface area contributed by atoms with Crippen LogP contribution in [0, 0.1) is 5.92 Å². The number of methoxy groups -OCH3 is 1. The molecule has 0 spiro atoms. The molecule has 1 fully saturated rings. The number of carbonyl (C=O) groups is 1. The predicted octanol–water partition coefficient (Wildman–Crippen LogP) is 3.91. The molecule has 0 atom stereocenters. The summed E-state index contributed by atoms with van der Waals surface area (Å²) in [4.78, 5) is 16.7. The summed E-state index contributed by atoms with van der Waals surface area (Å²) in [6, 6.07) is 7.96. The number of aliphatic imine (C=N–C) groups is 1. The maximum absolute atomic E-state index is 12.4. The third kappa shape index (κ3) is 8.34. The van der Waals surface area contributed by atoms with Crippen LogP contribution in [0.25, 0.3) is 0 Å². The summed E-state index contributed by atoms with van der Waals surface area (Å²) in [6.45, 7) is 5.32. The van der Waals surface area contributed by atoms with E-state index in [9.17, 15) is 4.79 Å². The summed E-state index contributed by atoms with van der Waals surface area (Å²) in [5.41, 5.74) is 1.68. The first-order chi connectivity index (χ1) is 12.9. The zero-order valence-corrected chi connectivity index (χ0v) is 19.8. The number of ether oxygens (including phenoxy) is 1. The van der Waals surface area contributed by atoms with Crippen molar-refractivity contribution in [2.24, 2.45) is 10.9 Å². The van der Waals surface area contributed by atoms with Gasteiger partial charge in [-0.15, -0.1) is 24.0 Å². The van der Waals surface area contributed by atoms with Crippen LogP contribution in [0.1, 0.15) is 51.5 Å². The number of hydrogen-bond acceptors (Lipinski definition) is 3. The number of rotatable bonds is 7. The maximum atomic E-state index is 12.4. The molecule has 3 N–H and O–H groups in total. The second-order valence-electron chi connectivity index (χ2n) is 7.77. The van der Waals surface area contributed by atoms with E-state index in [0.717, 1.165) is 42.9 Å². The van der Waals surface area contributed by atoms with E-state index in [1.54, 1.807) is 14.2 Å². The van der Waals surface area contributed by atoms with E-state index in [2.05, 4.69) is 20.9 Å². The highest BCUT2D eigenvalue weighted by atomic mass is 127. The summed E-state index contributed by atoms with van der Waals surface area (Å²) in [5, 5.41) is 9.64. The van der Waals surface area contributed by atoms with Crippen molar-refractivity contribution in [3.05, 3.63) is 29.8 Å². The van der Waals surface area contributed by atoms with Crippen molar-refractivity contribution in [3.8, 4) is 0 Å². The van der Waals surface area contributed by atoms with E-state index in [1.165, 1.54) is 6.42 Å². The predicted molar refractivity (Wildman–Crippen MR) is 126 cm³/mol. The fraction of sp³-hybridized carbons (Fsp3) is 0.619. The SMILES string of the molecule is CN=C(NCc1cccc(NC(=O)C2CCCCC2)c1)NCC(C)(C)OC.I. The van der Waals surface area contributed by atoms with Gasteiger partial charge in [-0.3, -0.25) is 9.79 Å². The van der Waals surface area contributed by atoms with Crippen LogP contribution in [0.3, 0.4) is 0 Å². The highest BCUT2D eigenvalue weighted by Crippen LogP contribution is 2.25. The Balaban J connectivity index is 0.00000392. The van der Waals surface area contributed by atoms with E-state index >= 15 is 0 Å². The minimum atomic E-state index is -0.263. The van der Waals surface area contributed by atoms with Gasteiger partial charge in [0, 0.05) is 38.9 Å². The fourth-order valence-electron chi connectivity index (χ4n) is 3.14. The number of amides is 1. The Hall–Kier alpha value is -1.35. The van der Waals surface area contributed by atoms with Crippen molar-refractivity contribution < 1.29 is 9.53 Å². The molecule has 158 valence electrons. The molecule has 28 heavy (non-hydrogen) atoms. The van der Waals surface area contributed by atoms with Crippen molar-refractivity contribution in [1.29, 1.82) is 0 Å². The van der Waals surface area contributed by atoms with Crippen molar-refractivity contribution >= 4 is 41.5 Å². The molecule has 7 heteroatoms. The van der Waals surface area contributed by atoms with Crippen LogP contribution in [-0.2, 0) is 16.1 Å². The summed E-state index contributed by atoms with van der Waals surface area (Å²) in [7, 11) is 3.45. The topological polar surface area (TPSA) is 74.8 Å². The van der Waals surface area contributed by atoms with Gasteiger partial charge in [0.15, 0.2) is 5.96 Å². The summed E-state index contributed by atoms with van der Waals surface area (Å²) < 4.78 is 5.41. The molecule has 0 aliphatic heterocycles. The Labute approximate surface area is 186 Å². The summed E-state index contributed by atoms with van der Waals surface area (Å²) in [6.07, 6.45) is 5.59. The van der Waals surface area contributed by atoms with Crippen molar-refractivity contribution in [3.63, 3.8) is 0 Å². The molecule has 2 rings (SSSR count). The van der Waals surface area contributed by atoms with E-state index in [4.69, 9.17) is 4.74 Å². The number of halogens is 1. The van der Waals surface area contributed by atoms with Crippen LogP contribution in [0.15, 0.2) is 29.3 Å². The molecule has 0 heterocycles. The zero-order chi connectivity index (χ0) is 19.7. The number of nitrogens with zero attached hydrogens (tertiary/aromatic N) is 1. The molecule has 1 saturated carbocycles. The lowest BCUT2D eigenvalue weighted by Crippen LogP contribution is -2.45. The van der Waals surface area contributed by atoms with E-state index in [0.29, 0.717) is 13.1 Å². The average molecular weight is 502 g/mol. The lowest BCUT2D eigenvalue weighted by Gasteiger charge is -2.24. The van der Waals surface area contributed by atoms with Gasteiger partial charge in [-0.25, -0.2) is 0 Å². The van der Waals surface area contributed by atoms with Gasteiger partial charge >= 0.3 is 0 Å². The molecule has 0 aromatic heterocycles. The van der Waals surface area contributed by atoms with Gasteiger partial charge < -0.3 is 20.7 Å². The fourth-order valence-corrected chi connectivity index (χ4v) is 3.14. The van der Waals surface area contributed by atoms with Gasteiger partial charge in [-0.2, -0.15) is 0 Å². The van der Waals surface area contributed by atoms with Crippen LogP contribution in [-0.4, -0.2) is 38.2 Å². The van der Waals surface area contributed by atoms with Crippen molar-refractivity contribution in [1.82, 2.24) is 10.6 Å². The molecule has 0 unspecified atom stereocenters. The van der Waals surface area contributed by atoms with E-state index in [1.807, 2.05) is 38.1 Å². The Morgan fingerprint density at radius 3 is 2.57 bits per heavy atom. The molecule has 1 aliphatic carbocycles. The number of benzene rings is 1. The Kier molecular flexibility index (Phi) is 10.8. The van der Waals surface area contributed by atoms with Gasteiger partial charge in [0.25, 0.3) is 0 Å². The monoisotopic (exact) mass is 502 g/mol. The average Bonchev–Trinajstić information content (AvgIpc) is 2.69. The second-order valence-corrected chi connectivity index (χ2v) is 7.77. The molecule has 1 aliphatic rings. The molecule has 0 radical (unpaired) electrons. The number of anilines is 1. The van der Waals surface area contributed by atoms with Gasteiger partial charge in [-0.05, 0) is 44.4 Å². The second kappa shape index (κ2) is 12.3. The van der Waals surface area contributed by atoms with E-state index < -0.39 is 0 Å². The third-order valence-electron chi connectivity index (χ3n) is 5.09. The van der Waals surface area contributed by atoms with Gasteiger partial charge in [0.05, 0.1) is 5.60 Å². The normalized spacial score (nSPS) is 15.5. The minimum absolute atomic E-state index is 0. The van der Waals surface area contributed by atoms with Gasteiger partial charge in [0.1, 0.15) is 0 Å². The molecule has 1 amide bonds. The highest BCUT2D eigenvalue weighted by molar-refractivity contribution is 14.0. The Morgan fingerprint density at radius 2 is 1.93 bits per heavy atom. The molecule has 1 aromatic carbocycles. The molecule has 0 saturated heterocycles. The first kappa shape index (κ1) is 24.7. The van der Waals surface area contributed by atoms with Crippen LogP contribution >= 0.6 is 24.0 Å². The van der Waals surface area contributed by atoms with Crippen LogP contribution in [0.4, 0.5) is 5.69 Å². The summed E-state index contributed by atoms with van der Waals surface area (Å²) in [5.74, 6) is 1.03. The van der Waals surface area contributed by atoms with Crippen LogP contribution in [0.5, 0.6) is 0 Å². The quantitative estimate of drug-likeness (QED) is 0.300. The first-order valence-corrected chi connectivity index (χ1v) is 9.83. The smallest absolute Gasteiger partial charge is 0.227 e. The van der Waals surface area contributed by atoms with Crippen LogP contribution < -0.4 is 16.0 Å². The van der Waals surface area contributed by atoms with Crippen LogP contribution in [0.2, 0.25) is 0 Å². The third-order valence-corrected chi connectivity index (χ3v) is 5.09. The zero-order valence-electron chi connectivity index (χ0n) is 17.5. The van der Waals surface area contributed by atoms with Crippen molar-refractivity contribution in [2.45, 2.75) is 58.1 Å². The lowest BCUT2D eigenvalue weighted by atomic mass is 9.88.